The first-order valence-corrected chi connectivity index (χ1v) is 28.7. The van der Waals surface area contributed by atoms with Crippen LogP contribution in [0.15, 0.2) is 24.3 Å². The molecule has 1 aliphatic rings. The molecule has 1 heterocycles. The van der Waals surface area contributed by atoms with Gasteiger partial charge in [-0.1, -0.05) is 263 Å². The Morgan fingerprint density at radius 1 is 0.507 bits per heavy atom. The van der Waals surface area contributed by atoms with E-state index in [0.717, 1.165) is 38.5 Å². The van der Waals surface area contributed by atoms with Crippen LogP contribution in [0.5, 0.6) is 0 Å². The Morgan fingerprint density at radius 3 is 1.30 bits per heavy atom. The van der Waals surface area contributed by atoms with E-state index in [2.05, 4.69) is 31.3 Å². The molecule has 0 radical (unpaired) electrons. The van der Waals surface area contributed by atoms with Gasteiger partial charge >= 0.3 is 0 Å². The summed E-state index contributed by atoms with van der Waals surface area (Å²) in [5, 5.41) is 65.0. The van der Waals surface area contributed by atoms with Gasteiger partial charge in [0, 0.05) is 0 Å². The fraction of sp³-hybridized carbons (Fsp3) is 0.912. The predicted molar refractivity (Wildman–Crippen MR) is 278 cm³/mol. The van der Waals surface area contributed by atoms with E-state index in [1.807, 2.05) is 6.08 Å². The molecule has 8 atom stereocenters. The van der Waals surface area contributed by atoms with Gasteiger partial charge in [0.15, 0.2) is 6.29 Å². The van der Waals surface area contributed by atoms with E-state index in [1.165, 1.54) is 205 Å². The van der Waals surface area contributed by atoms with Crippen LogP contribution in [0.4, 0.5) is 0 Å². The molecule has 8 unspecified atom stereocenters. The molecule has 10 heteroatoms. The third-order valence-electron chi connectivity index (χ3n) is 13.9. The highest BCUT2D eigenvalue weighted by Crippen LogP contribution is 2.23. The number of carbonyl (C=O) groups is 1. The molecular formula is C57H109NO9. The van der Waals surface area contributed by atoms with Crippen molar-refractivity contribution in [2.45, 2.75) is 320 Å². The van der Waals surface area contributed by atoms with Crippen molar-refractivity contribution in [3.05, 3.63) is 24.3 Å². The van der Waals surface area contributed by atoms with Gasteiger partial charge < -0.3 is 45.4 Å². The Morgan fingerprint density at radius 2 is 0.881 bits per heavy atom. The quantitative estimate of drug-likeness (QED) is 0.0232. The van der Waals surface area contributed by atoms with Gasteiger partial charge in [-0.05, 0) is 32.1 Å². The van der Waals surface area contributed by atoms with Gasteiger partial charge in [-0.3, -0.25) is 4.79 Å². The molecule has 1 saturated heterocycles. The highest BCUT2D eigenvalue weighted by molar-refractivity contribution is 5.80. The highest BCUT2D eigenvalue weighted by Gasteiger charge is 2.44. The molecule has 1 amide bonds. The number of rotatable bonds is 49. The molecule has 0 spiro atoms. The summed E-state index contributed by atoms with van der Waals surface area (Å²) in [6, 6.07) is -0.994. The zero-order chi connectivity index (χ0) is 48.8. The highest BCUT2D eigenvalue weighted by atomic mass is 16.7. The van der Waals surface area contributed by atoms with Gasteiger partial charge in [-0.15, -0.1) is 0 Å². The van der Waals surface area contributed by atoms with E-state index < -0.39 is 61.5 Å². The van der Waals surface area contributed by atoms with E-state index >= 15 is 0 Å². The summed E-state index contributed by atoms with van der Waals surface area (Å²) in [6.45, 7) is 3.63. The first-order valence-electron chi connectivity index (χ1n) is 28.7. The second kappa shape index (κ2) is 47.0. The van der Waals surface area contributed by atoms with Gasteiger partial charge in [-0.25, -0.2) is 0 Å². The molecule has 1 fully saturated rings. The summed E-state index contributed by atoms with van der Waals surface area (Å²) in [4.78, 5) is 13.1. The fourth-order valence-electron chi connectivity index (χ4n) is 9.24. The van der Waals surface area contributed by atoms with Crippen LogP contribution in [0, 0.1) is 0 Å². The van der Waals surface area contributed by atoms with Gasteiger partial charge in [0.2, 0.25) is 5.91 Å². The number of hydrogen-bond acceptors (Lipinski definition) is 9. The zero-order valence-corrected chi connectivity index (χ0v) is 43.5. The SMILES string of the molecule is CCCCCCCCCCCCC/C=C/CC/C=C/C(O)C(COC1OC(CO)C(O)C(O)C1O)NC(=O)C(O)CCCCCCCCCCCCCCCCCCCCCCCCCCC. The minimum absolute atomic E-state index is 0.308. The summed E-state index contributed by atoms with van der Waals surface area (Å²) >= 11 is 0. The number of aliphatic hydroxyl groups excluding tert-OH is 6. The van der Waals surface area contributed by atoms with E-state index in [0.29, 0.717) is 12.8 Å². The topological polar surface area (TPSA) is 169 Å². The molecule has 0 aromatic carbocycles. The summed E-state index contributed by atoms with van der Waals surface area (Å²) in [6.07, 6.45) is 48.5. The smallest absolute Gasteiger partial charge is 0.249 e. The molecule has 0 aliphatic carbocycles. The molecule has 0 aromatic heterocycles. The Hall–Kier alpha value is -1.37. The van der Waals surface area contributed by atoms with Gasteiger partial charge in [0.25, 0.3) is 0 Å². The van der Waals surface area contributed by atoms with Crippen LogP contribution in [0.1, 0.15) is 271 Å². The van der Waals surface area contributed by atoms with Crippen LogP contribution >= 0.6 is 0 Å². The molecule has 67 heavy (non-hydrogen) atoms. The number of hydrogen-bond donors (Lipinski definition) is 7. The summed E-state index contributed by atoms with van der Waals surface area (Å²) in [7, 11) is 0. The lowest BCUT2D eigenvalue weighted by molar-refractivity contribution is -0.302. The van der Waals surface area contributed by atoms with Crippen LogP contribution < -0.4 is 5.32 Å². The number of ether oxygens (including phenoxy) is 2. The Balaban J connectivity index is 2.26. The van der Waals surface area contributed by atoms with E-state index in [1.54, 1.807) is 6.08 Å². The minimum atomic E-state index is -1.61. The maximum atomic E-state index is 13.1. The lowest BCUT2D eigenvalue weighted by atomic mass is 9.99. The third kappa shape index (κ3) is 36.2. The lowest BCUT2D eigenvalue weighted by Crippen LogP contribution is -2.60. The first kappa shape index (κ1) is 63.6. The van der Waals surface area contributed by atoms with E-state index in [9.17, 15) is 35.4 Å². The molecule has 396 valence electrons. The van der Waals surface area contributed by atoms with Crippen LogP contribution in [0.25, 0.3) is 0 Å². The van der Waals surface area contributed by atoms with Gasteiger partial charge in [0.05, 0.1) is 25.4 Å². The molecule has 10 nitrogen and oxygen atoms in total. The van der Waals surface area contributed by atoms with Crippen molar-refractivity contribution in [3.8, 4) is 0 Å². The van der Waals surface area contributed by atoms with Crippen LogP contribution in [0.3, 0.4) is 0 Å². The van der Waals surface area contributed by atoms with Crippen molar-refractivity contribution in [2.75, 3.05) is 13.2 Å². The average Bonchev–Trinajstić information content (AvgIpc) is 3.33. The average molecular weight is 952 g/mol. The standard InChI is InChI=1S/C57H109NO9/c1-3-5-7-9-11-13-15-17-19-21-22-23-24-25-26-27-28-30-32-34-36-38-40-42-44-46-51(61)56(65)58-49(48-66-57-55(64)54(63)53(62)52(47-59)67-57)50(60)45-43-41-39-37-35-33-31-29-20-18-16-14-12-10-8-6-4-2/h35,37,43,45,49-55,57,59-64H,3-34,36,38-42,44,46-48H2,1-2H3,(H,58,65)/b37-35+,45-43+. The predicted octanol–water partition coefficient (Wildman–Crippen LogP) is 12.8. The third-order valence-corrected chi connectivity index (χ3v) is 13.9. The van der Waals surface area contributed by atoms with Crippen LogP contribution in [-0.2, 0) is 14.3 Å². The molecule has 1 aliphatic heterocycles. The Kier molecular flexibility index (Phi) is 44.6. The van der Waals surface area contributed by atoms with Crippen molar-refractivity contribution in [3.63, 3.8) is 0 Å². The lowest BCUT2D eigenvalue weighted by Gasteiger charge is -2.40. The van der Waals surface area contributed by atoms with Gasteiger partial charge in [-0.2, -0.15) is 0 Å². The zero-order valence-electron chi connectivity index (χ0n) is 43.5. The number of nitrogens with one attached hydrogen (secondary N) is 1. The summed E-state index contributed by atoms with van der Waals surface area (Å²) < 4.78 is 11.2. The number of allylic oxidation sites excluding steroid dienone is 3. The minimum Gasteiger partial charge on any atom is -0.394 e. The van der Waals surface area contributed by atoms with Crippen molar-refractivity contribution in [1.82, 2.24) is 5.32 Å². The normalized spacial score (nSPS) is 20.3. The maximum Gasteiger partial charge on any atom is 0.249 e. The molecule has 0 saturated carbocycles. The second-order valence-electron chi connectivity index (χ2n) is 20.2. The van der Waals surface area contributed by atoms with E-state index in [-0.39, 0.29) is 6.61 Å². The first-order chi connectivity index (χ1) is 32.8. The Bertz CT molecular complexity index is 1120. The molecular weight excluding hydrogens is 843 g/mol. The maximum absolute atomic E-state index is 13.1. The van der Waals surface area contributed by atoms with E-state index in [4.69, 9.17) is 9.47 Å². The van der Waals surface area contributed by atoms with Crippen molar-refractivity contribution in [2.24, 2.45) is 0 Å². The molecule has 0 bridgehead atoms. The number of amides is 1. The van der Waals surface area contributed by atoms with Crippen LogP contribution in [-0.4, -0.2) is 98.7 Å². The number of unbranched alkanes of at least 4 members (excludes halogenated alkanes) is 36. The Labute approximate surface area is 411 Å². The summed E-state index contributed by atoms with van der Waals surface area (Å²) in [5.41, 5.74) is 0. The number of aliphatic hydroxyl groups is 6. The molecule has 1 rings (SSSR count). The van der Waals surface area contributed by atoms with Crippen molar-refractivity contribution < 1.29 is 44.9 Å². The second-order valence-corrected chi connectivity index (χ2v) is 20.2. The van der Waals surface area contributed by atoms with Crippen LogP contribution in [0.2, 0.25) is 0 Å². The fourth-order valence-corrected chi connectivity index (χ4v) is 9.24. The monoisotopic (exact) mass is 952 g/mol. The number of carbonyl (C=O) groups excluding carboxylic acids is 1. The largest absolute Gasteiger partial charge is 0.394 e. The summed E-state index contributed by atoms with van der Waals surface area (Å²) in [5.74, 6) is -0.621. The van der Waals surface area contributed by atoms with Gasteiger partial charge in [0.1, 0.15) is 30.5 Å². The van der Waals surface area contributed by atoms with Crippen molar-refractivity contribution in [1.29, 1.82) is 0 Å². The molecule has 0 aromatic rings. The molecule has 7 N–H and O–H groups in total. The van der Waals surface area contributed by atoms with Crippen molar-refractivity contribution >= 4 is 5.91 Å².